The highest BCUT2D eigenvalue weighted by Crippen LogP contribution is 2.17. The average Bonchev–Trinajstić information content (AvgIpc) is 2.96. The number of carboxylic acids is 1. The summed E-state index contributed by atoms with van der Waals surface area (Å²) >= 11 is 0. The van der Waals surface area contributed by atoms with Gasteiger partial charge in [0.15, 0.2) is 0 Å². The molecule has 1 unspecified atom stereocenters. The molecule has 2 heterocycles. The summed E-state index contributed by atoms with van der Waals surface area (Å²) in [7, 11) is 0. The van der Waals surface area contributed by atoms with Gasteiger partial charge in [-0.25, -0.2) is 4.98 Å². The molecular weight excluding hydrogens is 224 g/mol. The number of rotatable bonds is 4. The smallest absolute Gasteiger partial charge is 0.308 e. The lowest BCUT2D eigenvalue weighted by Gasteiger charge is -2.15. The molecule has 0 aromatic carbocycles. The van der Waals surface area contributed by atoms with Gasteiger partial charge in [0.25, 0.3) is 0 Å². The number of aliphatic carboxylic acids is 1. The Labute approximate surface area is 98.0 Å². The lowest BCUT2D eigenvalue weighted by Crippen LogP contribution is -2.30. The van der Waals surface area contributed by atoms with Gasteiger partial charge in [0.05, 0.1) is 12.5 Å². The van der Waals surface area contributed by atoms with E-state index in [0.717, 1.165) is 0 Å². The summed E-state index contributed by atoms with van der Waals surface area (Å²) < 4.78 is 1.59. The maximum absolute atomic E-state index is 11.8. The molecule has 0 spiro atoms. The van der Waals surface area contributed by atoms with Crippen LogP contribution in [0.5, 0.6) is 0 Å². The largest absolute Gasteiger partial charge is 0.481 e. The highest BCUT2D eigenvalue weighted by atomic mass is 16.4. The maximum atomic E-state index is 11.8. The minimum atomic E-state index is -0.823. The van der Waals surface area contributed by atoms with Crippen molar-refractivity contribution in [3.8, 4) is 0 Å². The highest BCUT2D eigenvalue weighted by molar-refractivity contribution is 5.78. The fraction of sp³-hybridized carbons (Fsp3) is 0.600. The number of nitrogens with zero attached hydrogens (tertiary/aromatic N) is 4. The van der Waals surface area contributed by atoms with Crippen LogP contribution in [0.1, 0.15) is 12.8 Å². The predicted molar refractivity (Wildman–Crippen MR) is 57.0 cm³/mol. The zero-order valence-corrected chi connectivity index (χ0v) is 9.32. The molecule has 17 heavy (non-hydrogen) atoms. The Bertz CT molecular complexity index is 404. The molecule has 92 valence electrons. The van der Waals surface area contributed by atoms with E-state index in [9.17, 15) is 9.59 Å². The number of carbonyl (C=O) groups is 2. The first kappa shape index (κ1) is 11.6. The summed E-state index contributed by atoms with van der Waals surface area (Å²) in [5.74, 6) is -1.26. The van der Waals surface area contributed by atoms with Crippen LogP contribution in [-0.2, 0) is 16.1 Å². The van der Waals surface area contributed by atoms with Gasteiger partial charge < -0.3 is 10.0 Å². The SMILES string of the molecule is O=C(O)C1CCN(C(=O)CCn2cncn2)C1. The second-order valence-corrected chi connectivity index (χ2v) is 4.07. The Morgan fingerprint density at radius 3 is 2.88 bits per heavy atom. The number of carboxylic acid groups (broad SMARTS) is 1. The highest BCUT2D eigenvalue weighted by Gasteiger charge is 2.30. The molecule has 1 atom stereocenters. The van der Waals surface area contributed by atoms with Crippen LogP contribution in [0.2, 0.25) is 0 Å². The number of amides is 1. The molecule has 1 aliphatic rings. The van der Waals surface area contributed by atoms with E-state index in [1.165, 1.54) is 6.33 Å². The zero-order chi connectivity index (χ0) is 12.3. The molecule has 1 fully saturated rings. The maximum Gasteiger partial charge on any atom is 0.308 e. The third kappa shape index (κ3) is 2.80. The summed E-state index contributed by atoms with van der Waals surface area (Å²) in [6, 6.07) is 0. The van der Waals surface area contributed by atoms with E-state index in [1.54, 1.807) is 15.9 Å². The number of aryl methyl sites for hydroxylation is 1. The first-order valence-corrected chi connectivity index (χ1v) is 5.50. The van der Waals surface area contributed by atoms with E-state index in [-0.39, 0.29) is 5.91 Å². The fourth-order valence-electron chi connectivity index (χ4n) is 1.90. The van der Waals surface area contributed by atoms with Gasteiger partial charge in [-0.3, -0.25) is 14.3 Å². The van der Waals surface area contributed by atoms with Crippen molar-refractivity contribution in [2.75, 3.05) is 13.1 Å². The molecule has 1 aromatic heterocycles. The molecule has 1 aromatic rings. The van der Waals surface area contributed by atoms with Crippen LogP contribution in [0.4, 0.5) is 0 Å². The van der Waals surface area contributed by atoms with Crippen LogP contribution in [0.15, 0.2) is 12.7 Å². The second-order valence-electron chi connectivity index (χ2n) is 4.07. The number of hydrogen-bond acceptors (Lipinski definition) is 4. The predicted octanol–water partition coefficient (Wildman–Crippen LogP) is -0.399. The van der Waals surface area contributed by atoms with Crippen molar-refractivity contribution < 1.29 is 14.7 Å². The van der Waals surface area contributed by atoms with Crippen LogP contribution >= 0.6 is 0 Å². The van der Waals surface area contributed by atoms with Gasteiger partial charge in [-0.2, -0.15) is 5.10 Å². The standard InChI is InChI=1S/C10H14N4O3/c15-9(2-4-14-7-11-6-12-14)13-3-1-8(5-13)10(16)17/h6-8H,1-5H2,(H,16,17). The van der Waals surface area contributed by atoms with Crippen molar-refractivity contribution in [3.05, 3.63) is 12.7 Å². The first-order chi connectivity index (χ1) is 8.16. The van der Waals surface area contributed by atoms with E-state index < -0.39 is 11.9 Å². The molecule has 1 amide bonds. The topological polar surface area (TPSA) is 88.3 Å². The molecule has 7 heteroatoms. The third-order valence-electron chi connectivity index (χ3n) is 2.91. The molecule has 1 N–H and O–H groups in total. The number of likely N-dealkylation sites (tertiary alicyclic amines) is 1. The van der Waals surface area contributed by atoms with E-state index in [0.29, 0.717) is 32.5 Å². The van der Waals surface area contributed by atoms with Gasteiger partial charge in [-0.05, 0) is 6.42 Å². The molecule has 0 aliphatic carbocycles. The van der Waals surface area contributed by atoms with E-state index in [2.05, 4.69) is 10.1 Å². The summed E-state index contributed by atoms with van der Waals surface area (Å²) in [4.78, 5) is 27.9. The normalized spacial score (nSPS) is 19.5. The zero-order valence-electron chi connectivity index (χ0n) is 9.32. The molecule has 7 nitrogen and oxygen atoms in total. The van der Waals surface area contributed by atoms with Crippen LogP contribution in [-0.4, -0.2) is 49.7 Å². The van der Waals surface area contributed by atoms with Crippen molar-refractivity contribution in [1.82, 2.24) is 19.7 Å². The second kappa shape index (κ2) is 4.94. The lowest BCUT2D eigenvalue weighted by molar-refractivity contribution is -0.141. The lowest BCUT2D eigenvalue weighted by atomic mass is 10.1. The number of hydrogen-bond donors (Lipinski definition) is 1. The van der Waals surface area contributed by atoms with Crippen molar-refractivity contribution in [1.29, 1.82) is 0 Å². The van der Waals surface area contributed by atoms with Crippen LogP contribution in [0.3, 0.4) is 0 Å². The van der Waals surface area contributed by atoms with E-state index in [4.69, 9.17) is 5.11 Å². The van der Waals surface area contributed by atoms with Crippen LogP contribution in [0.25, 0.3) is 0 Å². The quantitative estimate of drug-likeness (QED) is 0.771. The third-order valence-corrected chi connectivity index (χ3v) is 2.91. The van der Waals surface area contributed by atoms with Gasteiger partial charge >= 0.3 is 5.97 Å². The molecule has 0 radical (unpaired) electrons. The van der Waals surface area contributed by atoms with Gasteiger partial charge in [-0.15, -0.1) is 0 Å². The molecule has 2 rings (SSSR count). The molecule has 0 bridgehead atoms. The van der Waals surface area contributed by atoms with Gasteiger partial charge in [-0.1, -0.05) is 0 Å². The number of aromatic nitrogens is 3. The minimum absolute atomic E-state index is 0.0238. The molecule has 0 saturated carbocycles. The van der Waals surface area contributed by atoms with E-state index in [1.807, 2.05) is 0 Å². The summed E-state index contributed by atoms with van der Waals surface area (Å²) in [5, 5.41) is 12.7. The van der Waals surface area contributed by atoms with Gasteiger partial charge in [0, 0.05) is 19.5 Å². The first-order valence-electron chi connectivity index (χ1n) is 5.50. The van der Waals surface area contributed by atoms with Crippen LogP contribution in [0, 0.1) is 5.92 Å². The Kier molecular flexibility index (Phi) is 3.36. The van der Waals surface area contributed by atoms with Crippen molar-refractivity contribution in [2.24, 2.45) is 5.92 Å². The summed E-state index contributed by atoms with van der Waals surface area (Å²) in [6.07, 6.45) is 3.85. The van der Waals surface area contributed by atoms with Gasteiger partial charge in [0.1, 0.15) is 12.7 Å². The van der Waals surface area contributed by atoms with Crippen molar-refractivity contribution in [3.63, 3.8) is 0 Å². The van der Waals surface area contributed by atoms with Crippen molar-refractivity contribution in [2.45, 2.75) is 19.4 Å². The van der Waals surface area contributed by atoms with Crippen LogP contribution < -0.4 is 0 Å². The Morgan fingerprint density at radius 2 is 2.29 bits per heavy atom. The Morgan fingerprint density at radius 1 is 1.47 bits per heavy atom. The van der Waals surface area contributed by atoms with E-state index >= 15 is 0 Å². The summed E-state index contributed by atoms with van der Waals surface area (Å²) in [5.41, 5.74) is 0. The van der Waals surface area contributed by atoms with Gasteiger partial charge in [0.2, 0.25) is 5.91 Å². The summed E-state index contributed by atoms with van der Waals surface area (Å²) in [6.45, 7) is 1.34. The minimum Gasteiger partial charge on any atom is -0.481 e. The fourth-order valence-corrected chi connectivity index (χ4v) is 1.90. The Hall–Kier alpha value is -1.92. The monoisotopic (exact) mass is 238 g/mol. The number of carbonyl (C=O) groups excluding carboxylic acids is 1. The average molecular weight is 238 g/mol. The Balaban J connectivity index is 1.79. The molecule has 1 aliphatic heterocycles. The van der Waals surface area contributed by atoms with Crippen molar-refractivity contribution >= 4 is 11.9 Å². The molecular formula is C10H14N4O3. The molecule has 1 saturated heterocycles.